The molecule has 0 unspecified atom stereocenters. The second-order valence-corrected chi connectivity index (χ2v) is 5.38. The first-order valence-corrected chi connectivity index (χ1v) is 6.70. The van der Waals surface area contributed by atoms with Crippen LogP contribution in [0, 0.1) is 0 Å². The number of carbonyl (C=O) groups excluding carboxylic acids is 1. The summed E-state index contributed by atoms with van der Waals surface area (Å²) in [6, 6.07) is 11.1. The molecule has 94 valence electrons. The van der Waals surface area contributed by atoms with Gasteiger partial charge in [-0.25, -0.2) is 0 Å². The standard InChI is InChI=1S/C13H13ClN2OS/c14-10-3-1-9(2-4-10)8-16-13(17)12-6-5-11(7-15)18-12/h1-6H,7-8,15H2,(H,16,17). The van der Waals surface area contributed by atoms with Crippen molar-refractivity contribution in [2.75, 3.05) is 0 Å². The van der Waals surface area contributed by atoms with Gasteiger partial charge in [-0.15, -0.1) is 11.3 Å². The van der Waals surface area contributed by atoms with E-state index in [1.54, 1.807) is 18.2 Å². The molecule has 2 rings (SSSR count). The lowest BCUT2D eigenvalue weighted by Gasteiger charge is -2.03. The Hall–Kier alpha value is -1.36. The van der Waals surface area contributed by atoms with Crippen molar-refractivity contribution in [3.05, 3.63) is 56.7 Å². The van der Waals surface area contributed by atoms with E-state index in [1.807, 2.05) is 18.2 Å². The number of hydrogen-bond donors (Lipinski definition) is 2. The van der Waals surface area contributed by atoms with E-state index < -0.39 is 0 Å². The molecule has 0 saturated carbocycles. The van der Waals surface area contributed by atoms with E-state index in [2.05, 4.69) is 5.32 Å². The van der Waals surface area contributed by atoms with Crippen molar-refractivity contribution in [3.8, 4) is 0 Å². The van der Waals surface area contributed by atoms with E-state index in [4.69, 9.17) is 17.3 Å². The molecule has 0 fully saturated rings. The lowest BCUT2D eigenvalue weighted by Crippen LogP contribution is -2.21. The summed E-state index contributed by atoms with van der Waals surface area (Å²) in [7, 11) is 0. The van der Waals surface area contributed by atoms with Crippen LogP contribution in [0.15, 0.2) is 36.4 Å². The van der Waals surface area contributed by atoms with Crippen molar-refractivity contribution in [2.45, 2.75) is 13.1 Å². The number of nitrogens with two attached hydrogens (primary N) is 1. The maximum absolute atomic E-state index is 11.8. The third kappa shape index (κ3) is 3.32. The van der Waals surface area contributed by atoms with E-state index in [1.165, 1.54) is 11.3 Å². The van der Waals surface area contributed by atoms with E-state index in [0.717, 1.165) is 10.4 Å². The first kappa shape index (κ1) is 13.1. The molecule has 0 atom stereocenters. The minimum absolute atomic E-state index is 0.0744. The largest absolute Gasteiger partial charge is 0.347 e. The molecule has 1 aromatic heterocycles. The summed E-state index contributed by atoms with van der Waals surface area (Å²) in [5.74, 6) is -0.0744. The second-order valence-electron chi connectivity index (χ2n) is 3.78. The third-order valence-corrected chi connectivity index (χ3v) is 3.81. The molecule has 0 radical (unpaired) electrons. The highest BCUT2D eigenvalue weighted by molar-refractivity contribution is 7.14. The number of amides is 1. The molecule has 0 aliphatic carbocycles. The van der Waals surface area contributed by atoms with Gasteiger partial charge in [0.25, 0.3) is 5.91 Å². The number of halogens is 1. The Bertz CT molecular complexity index is 536. The minimum atomic E-state index is -0.0744. The van der Waals surface area contributed by atoms with Gasteiger partial charge >= 0.3 is 0 Å². The summed E-state index contributed by atoms with van der Waals surface area (Å²) < 4.78 is 0. The van der Waals surface area contributed by atoms with Gasteiger partial charge in [0.1, 0.15) is 0 Å². The smallest absolute Gasteiger partial charge is 0.261 e. The van der Waals surface area contributed by atoms with Crippen LogP contribution in [0.2, 0.25) is 5.02 Å². The van der Waals surface area contributed by atoms with Crippen LogP contribution in [0.3, 0.4) is 0 Å². The molecule has 3 N–H and O–H groups in total. The van der Waals surface area contributed by atoms with Crippen molar-refractivity contribution in [2.24, 2.45) is 5.73 Å². The lowest BCUT2D eigenvalue weighted by molar-refractivity contribution is 0.0955. The van der Waals surface area contributed by atoms with Gasteiger partial charge in [0.05, 0.1) is 4.88 Å². The van der Waals surface area contributed by atoms with Gasteiger partial charge in [-0.1, -0.05) is 23.7 Å². The van der Waals surface area contributed by atoms with Crippen LogP contribution in [-0.4, -0.2) is 5.91 Å². The maximum Gasteiger partial charge on any atom is 0.261 e. The summed E-state index contributed by atoms with van der Waals surface area (Å²) in [6.45, 7) is 0.959. The average molecular weight is 281 g/mol. The van der Waals surface area contributed by atoms with E-state index >= 15 is 0 Å². The highest BCUT2D eigenvalue weighted by Crippen LogP contribution is 2.16. The summed E-state index contributed by atoms with van der Waals surface area (Å²) in [5.41, 5.74) is 6.53. The molecule has 18 heavy (non-hydrogen) atoms. The third-order valence-electron chi connectivity index (χ3n) is 2.45. The number of benzene rings is 1. The molecular formula is C13H13ClN2OS. The number of rotatable bonds is 4. The Labute approximate surface area is 115 Å². The highest BCUT2D eigenvalue weighted by atomic mass is 35.5. The Morgan fingerprint density at radius 2 is 1.94 bits per heavy atom. The summed E-state index contributed by atoms with van der Waals surface area (Å²) in [4.78, 5) is 13.5. The number of thiophene rings is 1. The first-order chi connectivity index (χ1) is 8.69. The first-order valence-electron chi connectivity index (χ1n) is 5.50. The molecule has 0 saturated heterocycles. The molecule has 1 amide bonds. The zero-order valence-corrected chi connectivity index (χ0v) is 11.2. The summed E-state index contributed by atoms with van der Waals surface area (Å²) in [5, 5.41) is 3.55. The lowest BCUT2D eigenvalue weighted by atomic mass is 10.2. The molecular weight excluding hydrogens is 268 g/mol. The molecule has 0 spiro atoms. The van der Waals surface area contributed by atoms with Gasteiger partial charge in [0.2, 0.25) is 0 Å². The van der Waals surface area contributed by atoms with Gasteiger partial charge in [-0.3, -0.25) is 4.79 Å². The second kappa shape index (κ2) is 6.00. The summed E-state index contributed by atoms with van der Waals surface area (Å²) in [6.07, 6.45) is 0. The Morgan fingerprint density at radius 3 is 2.56 bits per heavy atom. The number of carbonyl (C=O) groups is 1. The zero-order chi connectivity index (χ0) is 13.0. The predicted octanol–water partition coefficient (Wildman–Crippen LogP) is 2.79. The number of hydrogen-bond acceptors (Lipinski definition) is 3. The molecule has 1 heterocycles. The van der Waals surface area contributed by atoms with Gasteiger partial charge in [-0.05, 0) is 29.8 Å². The topological polar surface area (TPSA) is 55.1 Å². The van der Waals surface area contributed by atoms with Gasteiger partial charge < -0.3 is 11.1 Å². The fourth-order valence-electron chi connectivity index (χ4n) is 1.48. The molecule has 0 aliphatic rings. The fourth-order valence-corrected chi connectivity index (χ4v) is 2.41. The van der Waals surface area contributed by atoms with E-state index in [0.29, 0.717) is 23.0 Å². The van der Waals surface area contributed by atoms with Crippen LogP contribution in [0.4, 0.5) is 0 Å². The van der Waals surface area contributed by atoms with Crippen molar-refractivity contribution in [3.63, 3.8) is 0 Å². The summed E-state index contributed by atoms with van der Waals surface area (Å²) >= 11 is 7.21. The molecule has 1 aromatic carbocycles. The molecule has 0 aliphatic heterocycles. The van der Waals surface area contributed by atoms with Crippen molar-refractivity contribution in [1.82, 2.24) is 5.32 Å². The predicted molar refractivity (Wildman–Crippen MR) is 74.8 cm³/mol. The van der Waals surface area contributed by atoms with Gasteiger partial charge in [-0.2, -0.15) is 0 Å². The van der Waals surface area contributed by atoms with Crippen LogP contribution in [-0.2, 0) is 13.1 Å². The Morgan fingerprint density at radius 1 is 1.22 bits per heavy atom. The van der Waals surface area contributed by atoms with E-state index in [-0.39, 0.29) is 5.91 Å². The van der Waals surface area contributed by atoms with E-state index in [9.17, 15) is 4.79 Å². The fraction of sp³-hybridized carbons (Fsp3) is 0.154. The molecule has 0 bridgehead atoms. The monoisotopic (exact) mass is 280 g/mol. The zero-order valence-electron chi connectivity index (χ0n) is 9.65. The average Bonchev–Trinajstić information content (AvgIpc) is 2.86. The van der Waals surface area contributed by atoms with Gasteiger partial charge in [0, 0.05) is 23.0 Å². The highest BCUT2D eigenvalue weighted by Gasteiger charge is 2.08. The quantitative estimate of drug-likeness (QED) is 0.905. The molecule has 5 heteroatoms. The minimum Gasteiger partial charge on any atom is -0.347 e. The van der Waals surface area contributed by atoms with Crippen LogP contribution in [0.25, 0.3) is 0 Å². The van der Waals surface area contributed by atoms with Crippen LogP contribution in [0.5, 0.6) is 0 Å². The van der Waals surface area contributed by atoms with Gasteiger partial charge in [0.15, 0.2) is 0 Å². The SMILES string of the molecule is NCc1ccc(C(=O)NCc2ccc(Cl)cc2)s1. The maximum atomic E-state index is 11.8. The van der Waals surface area contributed by atoms with Crippen LogP contribution < -0.4 is 11.1 Å². The number of nitrogens with one attached hydrogen (secondary N) is 1. The van der Waals surface area contributed by atoms with Crippen LogP contribution in [0.1, 0.15) is 20.1 Å². The Balaban J connectivity index is 1.93. The van der Waals surface area contributed by atoms with Crippen molar-refractivity contribution in [1.29, 1.82) is 0 Å². The molecule has 3 nitrogen and oxygen atoms in total. The van der Waals surface area contributed by atoms with Crippen molar-refractivity contribution < 1.29 is 4.79 Å². The van der Waals surface area contributed by atoms with Crippen molar-refractivity contribution >= 4 is 28.8 Å². The molecule has 2 aromatic rings. The van der Waals surface area contributed by atoms with Crippen LogP contribution >= 0.6 is 22.9 Å². The Kier molecular flexibility index (Phi) is 4.36. The normalized spacial score (nSPS) is 10.3.